The predicted octanol–water partition coefficient (Wildman–Crippen LogP) is 2.92. The minimum Gasteiger partial charge on any atom is -0.390 e. The van der Waals surface area contributed by atoms with Gasteiger partial charge in [-0.25, -0.2) is 4.39 Å². The molecule has 3 saturated carbocycles. The molecule has 2 N–H and O–H groups in total. The van der Waals surface area contributed by atoms with Gasteiger partial charge >= 0.3 is 0 Å². The Morgan fingerprint density at radius 1 is 1.30 bits per heavy atom. The van der Waals surface area contributed by atoms with Crippen LogP contribution >= 0.6 is 0 Å². The van der Waals surface area contributed by atoms with Gasteiger partial charge in [0.25, 0.3) is 0 Å². The van der Waals surface area contributed by atoms with Gasteiger partial charge in [0.2, 0.25) is 0 Å². The number of aliphatic hydroxyl groups excluding tert-OH is 1. The van der Waals surface area contributed by atoms with Crippen molar-refractivity contribution < 1.29 is 24.2 Å². The minimum atomic E-state index is -1.92. The molecule has 0 aliphatic heterocycles. The second kappa shape index (κ2) is 5.38. The molecule has 0 saturated heterocycles. The Kier molecular flexibility index (Phi) is 3.79. The van der Waals surface area contributed by atoms with Gasteiger partial charge in [0.15, 0.2) is 17.2 Å². The van der Waals surface area contributed by atoms with Crippen LogP contribution in [0.4, 0.5) is 4.39 Å². The molecule has 4 rings (SSSR count). The van der Waals surface area contributed by atoms with Gasteiger partial charge < -0.3 is 10.2 Å². The van der Waals surface area contributed by atoms with Crippen molar-refractivity contribution in [3.63, 3.8) is 0 Å². The summed E-state index contributed by atoms with van der Waals surface area (Å²) in [6, 6.07) is 0. The van der Waals surface area contributed by atoms with Crippen molar-refractivity contribution in [3.05, 3.63) is 23.8 Å². The second-order valence-electron chi connectivity index (χ2n) is 9.75. The first-order valence-electron chi connectivity index (χ1n) is 9.97. The van der Waals surface area contributed by atoms with Crippen molar-refractivity contribution in [2.45, 2.75) is 70.8 Å². The molecule has 5 heteroatoms. The highest BCUT2D eigenvalue weighted by Crippen LogP contribution is 2.70. The Bertz CT molecular complexity index is 787. The molecule has 0 heterocycles. The zero-order valence-corrected chi connectivity index (χ0v) is 16.5. The summed E-state index contributed by atoms with van der Waals surface area (Å²) in [7, 11) is 0. The van der Waals surface area contributed by atoms with E-state index in [4.69, 9.17) is 0 Å². The first kappa shape index (κ1) is 19.0. The number of hydrogen-bond donors (Lipinski definition) is 2. The molecule has 0 bridgehead atoms. The van der Waals surface area contributed by atoms with E-state index in [1.54, 1.807) is 13.0 Å². The van der Waals surface area contributed by atoms with Gasteiger partial charge in [0.1, 0.15) is 5.60 Å². The van der Waals surface area contributed by atoms with Gasteiger partial charge in [-0.05, 0) is 63.5 Å². The lowest BCUT2D eigenvalue weighted by Gasteiger charge is -2.63. The van der Waals surface area contributed by atoms with Gasteiger partial charge in [-0.3, -0.25) is 9.59 Å². The van der Waals surface area contributed by atoms with Gasteiger partial charge in [-0.1, -0.05) is 25.5 Å². The van der Waals surface area contributed by atoms with Gasteiger partial charge in [-0.2, -0.15) is 0 Å². The van der Waals surface area contributed by atoms with E-state index in [0.29, 0.717) is 19.3 Å². The number of ketones is 2. The lowest BCUT2D eigenvalue weighted by molar-refractivity contribution is -0.219. The van der Waals surface area contributed by atoms with Crippen molar-refractivity contribution in [2.24, 2.45) is 28.6 Å². The zero-order valence-electron chi connectivity index (χ0n) is 16.5. The molecule has 27 heavy (non-hydrogen) atoms. The van der Waals surface area contributed by atoms with Crippen molar-refractivity contribution in [2.75, 3.05) is 0 Å². The summed E-state index contributed by atoms with van der Waals surface area (Å²) in [4.78, 5) is 24.2. The molecule has 0 spiro atoms. The van der Waals surface area contributed by atoms with Crippen LogP contribution in [0.5, 0.6) is 0 Å². The first-order chi connectivity index (χ1) is 12.4. The molecule has 0 amide bonds. The summed E-state index contributed by atoms with van der Waals surface area (Å²) >= 11 is 0. The summed E-state index contributed by atoms with van der Waals surface area (Å²) < 4.78 is 16.9. The Morgan fingerprint density at radius 2 is 1.96 bits per heavy atom. The Labute approximate surface area is 159 Å². The van der Waals surface area contributed by atoms with E-state index in [1.165, 1.54) is 19.1 Å². The van der Waals surface area contributed by atoms with Crippen LogP contribution < -0.4 is 0 Å². The first-order valence-corrected chi connectivity index (χ1v) is 9.97. The number of carbonyl (C=O) groups is 2. The molecule has 4 aliphatic rings. The second-order valence-corrected chi connectivity index (χ2v) is 9.75. The summed E-state index contributed by atoms with van der Waals surface area (Å²) in [6.07, 6.45) is 4.68. The Morgan fingerprint density at radius 3 is 2.59 bits per heavy atom. The molecule has 4 aliphatic carbocycles. The molecule has 0 aromatic heterocycles. The highest BCUT2D eigenvalue weighted by molar-refractivity contribution is 6.01. The van der Waals surface area contributed by atoms with E-state index in [9.17, 15) is 19.8 Å². The number of fused-ring (bicyclic) bond motifs is 5. The minimum absolute atomic E-state index is 0.00153. The zero-order chi connectivity index (χ0) is 20.0. The monoisotopic (exact) mass is 376 g/mol. The third-order valence-corrected chi connectivity index (χ3v) is 8.70. The normalized spacial score (nSPS) is 54.0. The fourth-order valence-corrected chi connectivity index (χ4v) is 7.18. The van der Waals surface area contributed by atoms with E-state index >= 15 is 4.39 Å². The van der Waals surface area contributed by atoms with Crippen LogP contribution in [0.2, 0.25) is 0 Å². The van der Waals surface area contributed by atoms with Crippen molar-refractivity contribution in [1.82, 2.24) is 0 Å². The molecule has 0 aromatic carbocycles. The van der Waals surface area contributed by atoms with Gasteiger partial charge in [0.05, 0.1) is 6.10 Å². The lowest BCUT2D eigenvalue weighted by atomic mass is 9.43. The molecule has 1 unspecified atom stereocenters. The average Bonchev–Trinajstić information content (AvgIpc) is 2.85. The molecule has 3 fully saturated rings. The van der Waals surface area contributed by atoms with Crippen LogP contribution in [0, 0.1) is 28.6 Å². The molecule has 0 radical (unpaired) electrons. The van der Waals surface area contributed by atoms with Gasteiger partial charge in [0, 0.05) is 16.7 Å². The summed E-state index contributed by atoms with van der Waals surface area (Å²) in [5, 5.41) is 22.3. The largest absolute Gasteiger partial charge is 0.390 e. The van der Waals surface area contributed by atoms with Crippen LogP contribution in [0.15, 0.2) is 23.8 Å². The quantitative estimate of drug-likeness (QED) is 0.738. The lowest BCUT2D eigenvalue weighted by Crippen LogP contribution is -2.69. The number of aliphatic hydroxyl groups is 2. The summed E-state index contributed by atoms with van der Waals surface area (Å²) in [6.45, 7) is 7.01. The van der Waals surface area contributed by atoms with Crippen LogP contribution in [-0.2, 0) is 9.59 Å². The van der Waals surface area contributed by atoms with E-state index in [-0.39, 0.29) is 29.8 Å². The fraction of sp³-hybridized carbons (Fsp3) is 0.727. The number of carbonyl (C=O) groups excluding carboxylic acids is 2. The van der Waals surface area contributed by atoms with Crippen LogP contribution in [0.1, 0.15) is 53.4 Å². The molecule has 0 aromatic rings. The highest BCUT2D eigenvalue weighted by Gasteiger charge is 2.74. The average molecular weight is 376 g/mol. The number of halogens is 1. The SMILES string of the molecule is CC(=O)[C@@]1(O)CC[C@H]2[C@@H]3CC(C)C4=CC(=O)C=C[C@]4(C)[C@@]3(F)[C@@H](O)C[C@@]21C. The molecule has 8 atom stereocenters. The van der Waals surface area contributed by atoms with E-state index in [0.717, 1.165) is 5.57 Å². The van der Waals surface area contributed by atoms with E-state index in [1.807, 2.05) is 13.8 Å². The van der Waals surface area contributed by atoms with Crippen LogP contribution in [0.25, 0.3) is 0 Å². The van der Waals surface area contributed by atoms with Crippen LogP contribution in [0.3, 0.4) is 0 Å². The highest BCUT2D eigenvalue weighted by atomic mass is 19.1. The molecule has 148 valence electrons. The third-order valence-electron chi connectivity index (χ3n) is 8.70. The summed E-state index contributed by atoms with van der Waals surface area (Å²) in [5.74, 6) is -1.11. The topological polar surface area (TPSA) is 74.6 Å². The number of allylic oxidation sites excluding steroid dienone is 4. The number of hydrogen-bond acceptors (Lipinski definition) is 4. The Hall–Kier alpha value is -1.33. The molecular weight excluding hydrogens is 347 g/mol. The van der Waals surface area contributed by atoms with Crippen molar-refractivity contribution in [1.29, 1.82) is 0 Å². The van der Waals surface area contributed by atoms with Crippen LogP contribution in [-0.4, -0.2) is 39.2 Å². The maximum absolute atomic E-state index is 16.9. The van der Waals surface area contributed by atoms with Crippen molar-refractivity contribution >= 4 is 11.6 Å². The van der Waals surface area contributed by atoms with Gasteiger partial charge in [-0.15, -0.1) is 0 Å². The smallest absolute Gasteiger partial charge is 0.178 e. The number of Topliss-reactive ketones (excluding diaryl/α,β-unsaturated/α-hetero) is 1. The maximum atomic E-state index is 16.9. The van der Waals surface area contributed by atoms with E-state index in [2.05, 4.69) is 0 Å². The number of alkyl halides is 1. The van der Waals surface area contributed by atoms with Crippen molar-refractivity contribution in [3.8, 4) is 0 Å². The summed E-state index contributed by atoms with van der Waals surface area (Å²) in [5.41, 5.74) is -4.59. The number of rotatable bonds is 1. The standard InChI is InChI=1S/C22H29FO4/c1-12-9-17-15-6-8-21(27,13(2)24)20(15,4)11-18(26)22(17,23)19(3)7-5-14(25)10-16(12)19/h5,7,10,12,15,17-18,26-27H,6,8-9,11H2,1-4H3/t12?,15-,17-,18-,19-,20-,21-,22-/m0/s1. The maximum Gasteiger partial charge on any atom is 0.178 e. The van der Waals surface area contributed by atoms with E-state index < -0.39 is 34.1 Å². The predicted molar refractivity (Wildman–Crippen MR) is 98.5 cm³/mol. The molecular formula is C22H29FO4. The Balaban J connectivity index is 1.86. The fourth-order valence-electron chi connectivity index (χ4n) is 7.18. The third kappa shape index (κ3) is 2.00. The molecule has 4 nitrogen and oxygen atoms in total.